The molecule has 336 valence electrons. The van der Waals surface area contributed by atoms with Crippen molar-refractivity contribution in [2.24, 2.45) is 0 Å². The van der Waals surface area contributed by atoms with Crippen molar-refractivity contribution in [3.05, 3.63) is 325 Å². The molecule has 0 aliphatic heterocycles. The van der Waals surface area contributed by atoms with E-state index in [-0.39, 0.29) is 10.8 Å². The van der Waals surface area contributed by atoms with Gasteiger partial charge in [0.2, 0.25) is 0 Å². The maximum Gasteiger partial charge on any atom is 0.0714 e. The lowest BCUT2D eigenvalue weighted by Gasteiger charge is -2.34. The highest BCUT2D eigenvalue weighted by Crippen LogP contribution is 2.57. The Bertz CT molecular complexity index is 3310. The van der Waals surface area contributed by atoms with Crippen LogP contribution in [0.3, 0.4) is 0 Å². The number of nitrogens with two attached hydrogens (primary N) is 1. The van der Waals surface area contributed by atoms with E-state index in [0.29, 0.717) is 0 Å². The molecule has 0 fully saturated rings. The Morgan fingerprint density at radius 3 is 1.04 bits per heavy atom. The lowest BCUT2D eigenvalue weighted by molar-refractivity contribution is 0.765. The van der Waals surface area contributed by atoms with Gasteiger partial charge < -0.3 is 5.73 Å². The fraction of sp³-hybridized carbons (Fsp3) is 0.104. The largest absolute Gasteiger partial charge is 0.399 e. The molecular formula is C67H56BrN. The van der Waals surface area contributed by atoms with E-state index in [2.05, 4.69) is 255 Å². The third-order valence-electron chi connectivity index (χ3n) is 14.0. The monoisotopic (exact) mass is 953 g/mol. The minimum atomic E-state index is -0.332. The summed E-state index contributed by atoms with van der Waals surface area (Å²) in [5.74, 6) is 0. The van der Waals surface area contributed by atoms with Crippen molar-refractivity contribution in [2.45, 2.75) is 44.9 Å². The molecule has 0 spiro atoms. The number of benzene rings is 10. The molecule has 69 heavy (non-hydrogen) atoms. The first kappa shape index (κ1) is 45.3. The zero-order valence-corrected chi connectivity index (χ0v) is 41.3. The first-order valence-electron chi connectivity index (χ1n) is 23.9. The lowest BCUT2D eigenvalue weighted by atomic mass is 9.67. The Morgan fingerprint density at radius 2 is 0.652 bits per heavy atom. The van der Waals surface area contributed by atoms with Gasteiger partial charge in [0.25, 0.3) is 0 Å². The maximum absolute atomic E-state index is 5.46. The highest BCUT2D eigenvalue weighted by Gasteiger charge is 2.47. The molecule has 0 atom stereocenters. The Kier molecular flexibility index (Phi) is 12.6. The van der Waals surface area contributed by atoms with Gasteiger partial charge in [-0.3, -0.25) is 0 Å². The van der Waals surface area contributed by atoms with E-state index in [9.17, 15) is 0 Å². The van der Waals surface area contributed by atoms with Gasteiger partial charge in [-0.15, -0.1) is 0 Å². The Hall–Kier alpha value is -7.52. The SMILES string of the molecule is Cc1cccc(C2(c3cccc(Br)c3)c3ccccc3-c3ccccc32)c1.Cc1cccc(Cc2cccc(C3(c4cccc(C)c4)c4ccccc4-c4ccccc43)c2)c1.Cc1cccc(N)c1. The lowest BCUT2D eigenvalue weighted by Crippen LogP contribution is -2.28. The highest BCUT2D eigenvalue weighted by molar-refractivity contribution is 9.10. The van der Waals surface area contributed by atoms with E-state index >= 15 is 0 Å². The molecule has 0 saturated carbocycles. The molecular weight excluding hydrogens is 899 g/mol. The number of rotatable bonds is 6. The van der Waals surface area contributed by atoms with Crippen LogP contribution in [-0.2, 0) is 17.3 Å². The molecule has 0 unspecified atom stereocenters. The maximum atomic E-state index is 5.46. The van der Waals surface area contributed by atoms with Crippen molar-refractivity contribution in [2.75, 3.05) is 5.73 Å². The van der Waals surface area contributed by atoms with Crippen LogP contribution in [-0.4, -0.2) is 0 Å². The first-order valence-corrected chi connectivity index (χ1v) is 24.7. The van der Waals surface area contributed by atoms with E-state index < -0.39 is 0 Å². The van der Waals surface area contributed by atoms with Gasteiger partial charge in [-0.1, -0.05) is 251 Å². The second-order valence-electron chi connectivity index (χ2n) is 18.7. The van der Waals surface area contributed by atoms with Crippen LogP contribution in [0.2, 0.25) is 0 Å². The second kappa shape index (κ2) is 19.2. The van der Waals surface area contributed by atoms with Gasteiger partial charge in [-0.25, -0.2) is 0 Å². The second-order valence-corrected chi connectivity index (χ2v) is 19.6. The molecule has 10 aromatic carbocycles. The van der Waals surface area contributed by atoms with Crippen LogP contribution in [0.25, 0.3) is 22.3 Å². The third-order valence-corrected chi connectivity index (χ3v) is 14.5. The molecule has 0 radical (unpaired) electrons. The predicted octanol–water partition coefficient (Wildman–Crippen LogP) is 17.0. The fourth-order valence-corrected chi connectivity index (χ4v) is 11.6. The van der Waals surface area contributed by atoms with E-state index in [1.807, 2.05) is 31.2 Å². The number of aryl methyl sites for hydroxylation is 4. The summed E-state index contributed by atoms with van der Waals surface area (Å²) < 4.78 is 1.11. The van der Waals surface area contributed by atoms with Crippen LogP contribution in [0.15, 0.2) is 247 Å². The van der Waals surface area contributed by atoms with Gasteiger partial charge in [0.15, 0.2) is 0 Å². The molecule has 0 amide bonds. The summed E-state index contributed by atoms with van der Waals surface area (Å²) in [7, 11) is 0. The van der Waals surface area contributed by atoms with Crippen molar-refractivity contribution in [1.82, 2.24) is 0 Å². The highest BCUT2D eigenvalue weighted by atomic mass is 79.9. The number of fused-ring (bicyclic) bond motifs is 6. The molecule has 2 aliphatic carbocycles. The molecule has 2 N–H and O–H groups in total. The smallest absolute Gasteiger partial charge is 0.0714 e. The summed E-state index contributed by atoms with van der Waals surface area (Å²) in [6.07, 6.45) is 0.933. The molecule has 0 aromatic heterocycles. The molecule has 1 nitrogen and oxygen atoms in total. The normalized spacial score (nSPS) is 13.1. The minimum Gasteiger partial charge on any atom is -0.399 e. The number of hydrogen-bond acceptors (Lipinski definition) is 1. The molecule has 2 aliphatic rings. The number of halogens is 1. The predicted molar refractivity (Wildman–Crippen MR) is 294 cm³/mol. The summed E-state index contributed by atoms with van der Waals surface area (Å²) in [4.78, 5) is 0. The molecule has 10 aromatic rings. The number of hydrogen-bond donors (Lipinski definition) is 1. The van der Waals surface area contributed by atoms with E-state index in [0.717, 1.165) is 16.6 Å². The zero-order valence-electron chi connectivity index (χ0n) is 39.8. The summed E-state index contributed by atoms with van der Waals surface area (Å²) >= 11 is 3.70. The van der Waals surface area contributed by atoms with Crippen LogP contribution in [0.4, 0.5) is 5.69 Å². The van der Waals surface area contributed by atoms with E-state index in [1.165, 1.54) is 100 Å². The van der Waals surface area contributed by atoms with Gasteiger partial charge in [0, 0.05) is 10.2 Å². The Balaban J connectivity index is 0.000000141. The Morgan fingerprint density at radius 1 is 0.319 bits per heavy atom. The van der Waals surface area contributed by atoms with Crippen LogP contribution in [0.1, 0.15) is 77.9 Å². The van der Waals surface area contributed by atoms with Crippen molar-refractivity contribution in [3.63, 3.8) is 0 Å². The Labute approximate surface area is 417 Å². The van der Waals surface area contributed by atoms with Crippen LogP contribution in [0, 0.1) is 27.7 Å². The van der Waals surface area contributed by atoms with E-state index in [1.54, 1.807) is 0 Å². The van der Waals surface area contributed by atoms with Gasteiger partial charge in [0.1, 0.15) is 0 Å². The standard InChI is InChI=1S/C34H28.C26H19Br.C7H9N/c1-24-10-7-12-26(20-24)22-27-13-9-15-29(23-27)34(28-14-8-11-25(2)21-28)32-18-5-3-16-30(32)31-17-4-6-19-33(31)34;1-18-8-6-9-19(16-18)26(20-10-7-11-21(27)17-20)24-14-4-2-12-22(24)23-13-3-5-15-25(23)26;1-6-3-2-4-7(8)5-6/h3-21,23H,22H2,1-2H3;2-17H,1H3;2-5H,8H2,1H3. The number of nitrogen functional groups attached to an aromatic ring is 1. The quantitative estimate of drug-likeness (QED) is 0.165. The average molecular weight is 955 g/mol. The van der Waals surface area contributed by atoms with Crippen LogP contribution in [0.5, 0.6) is 0 Å². The van der Waals surface area contributed by atoms with Crippen molar-refractivity contribution >= 4 is 21.6 Å². The van der Waals surface area contributed by atoms with Crippen molar-refractivity contribution in [3.8, 4) is 22.3 Å². The van der Waals surface area contributed by atoms with Crippen molar-refractivity contribution < 1.29 is 0 Å². The first-order chi connectivity index (χ1) is 33.7. The molecule has 0 bridgehead atoms. The van der Waals surface area contributed by atoms with Gasteiger partial charge >= 0.3 is 0 Å². The summed E-state index contributed by atoms with van der Waals surface area (Å²) in [5, 5.41) is 0. The summed E-state index contributed by atoms with van der Waals surface area (Å²) in [6.45, 7) is 8.55. The fourth-order valence-electron chi connectivity index (χ4n) is 11.2. The molecule has 0 saturated heterocycles. The zero-order chi connectivity index (χ0) is 47.5. The molecule has 0 heterocycles. The molecule has 12 rings (SSSR count). The summed E-state index contributed by atoms with van der Waals surface area (Å²) in [6, 6.07) is 88.3. The van der Waals surface area contributed by atoms with Crippen LogP contribution >= 0.6 is 15.9 Å². The number of anilines is 1. The van der Waals surface area contributed by atoms with Gasteiger partial charge in [0.05, 0.1) is 10.8 Å². The van der Waals surface area contributed by atoms with Crippen molar-refractivity contribution in [1.29, 1.82) is 0 Å². The topological polar surface area (TPSA) is 26.0 Å². The van der Waals surface area contributed by atoms with Crippen LogP contribution < -0.4 is 5.73 Å². The minimum absolute atomic E-state index is 0.303. The summed E-state index contributed by atoms with van der Waals surface area (Å²) in [5.41, 5.74) is 29.5. The molecule has 2 heteroatoms. The van der Waals surface area contributed by atoms with E-state index in [4.69, 9.17) is 5.73 Å². The third kappa shape index (κ3) is 8.45. The van der Waals surface area contributed by atoms with Gasteiger partial charge in [-0.05, 0) is 142 Å². The average Bonchev–Trinajstić information content (AvgIpc) is 3.83. The van der Waals surface area contributed by atoms with Gasteiger partial charge in [-0.2, -0.15) is 0 Å².